The van der Waals surface area contributed by atoms with Crippen LogP contribution in [0.2, 0.25) is 0 Å². The van der Waals surface area contributed by atoms with Crippen molar-refractivity contribution in [2.24, 2.45) is 7.05 Å². The van der Waals surface area contributed by atoms with Crippen LogP contribution in [-0.2, 0) is 18.0 Å². The van der Waals surface area contributed by atoms with Crippen molar-refractivity contribution in [3.8, 4) is 22.9 Å². The summed E-state index contributed by atoms with van der Waals surface area (Å²) in [6.45, 7) is 7.08. The fourth-order valence-corrected chi connectivity index (χ4v) is 3.13. The normalized spacial score (nSPS) is 12.5. The Bertz CT molecular complexity index is 1250. The number of hydrogen-bond acceptors (Lipinski definition) is 6. The van der Waals surface area contributed by atoms with Crippen molar-refractivity contribution in [2.45, 2.75) is 45.5 Å². The number of amides is 2. The molecular weight excluding hydrogens is 491 g/mol. The first-order valence-electron chi connectivity index (χ1n) is 11.3. The summed E-state index contributed by atoms with van der Waals surface area (Å²) >= 11 is 0. The molecule has 0 saturated heterocycles. The number of hydrogen-bond donors (Lipinski definition) is 2. The summed E-state index contributed by atoms with van der Waals surface area (Å²) in [4.78, 5) is 28.9. The van der Waals surface area contributed by atoms with Gasteiger partial charge in [-0.1, -0.05) is 0 Å². The maximum absolute atomic E-state index is 12.9. The lowest BCUT2D eigenvalue weighted by atomic mass is 10.1. The molecule has 12 heteroatoms. The van der Waals surface area contributed by atoms with Crippen molar-refractivity contribution in [3.63, 3.8) is 0 Å². The van der Waals surface area contributed by atoms with E-state index in [0.717, 1.165) is 12.1 Å². The third-order valence-corrected chi connectivity index (χ3v) is 4.83. The topological polar surface area (TPSA) is 107 Å². The molecule has 0 saturated carbocycles. The summed E-state index contributed by atoms with van der Waals surface area (Å²) in [5, 5.41) is 9.68. The Morgan fingerprint density at radius 3 is 2.35 bits per heavy atom. The van der Waals surface area contributed by atoms with Gasteiger partial charge in [-0.15, -0.1) is 0 Å². The van der Waals surface area contributed by atoms with Crippen LogP contribution in [0.25, 0.3) is 11.3 Å². The number of ether oxygens (including phenoxy) is 2. The SMILES string of the molecule is C[C@H](CNC(=O)OC(C)(C)C)NC(=O)c1cnc(Oc2ccc(C(F)(F)F)cc2)c(-c2ccn(C)n2)c1. The summed E-state index contributed by atoms with van der Waals surface area (Å²) in [6, 6.07) is 6.97. The van der Waals surface area contributed by atoms with Crippen LogP contribution in [0, 0.1) is 0 Å². The fourth-order valence-electron chi connectivity index (χ4n) is 3.13. The lowest BCUT2D eigenvalue weighted by molar-refractivity contribution is -0.137. The summed E-state index contributed by atoms with van der Waals surface area (Å²) in [6.07, 6.45) is -2.09. The molecule has 198 valence electrons. The molecule has 2 N–H and O–H groups in total. The largest absolute Gasteiger partial charge is 0.444 e. The highest BCUT2D eigenvalue weighted by atomic mass is 19.4. The number of halogens is 3. The number of benzene rings is 1. The summed E-state index contributed by atoms with van der Waals surface area (Å²) < 4.78 is 51.1. The molecule has 0 unspecified atom stereocenters. The predicted octanol–water partition coefficient (Wildman–Crippen LogP) is 4.94. The predicted molar refractivity (Wildman–Crippen MR) is 129 cm³/mol. The van der Waals surface area contributed by atoms with Crippen LogP contribution < -0.4 is 15.4 Å². The second kappa shape index (κ2) is 10.9. The third-order valence-electron chi connectivity index (χ3n) is 4.83. The van der Waals surface area contributed by atoms with Crippen LogP contribution in [-0.4, -0.2) is 45.0 Å². The molecule has 0 spiro atoms. The molecular formula is C25H28F3N5O4. The average molecular weight is 520 g/mol. The molecule has 0 aliphatic rings. The van der Waals surface area contributed by atoms with Crippen molar-refractivity contribution in [2.75, 3.05) is 6.54 Å². The van der Waals surface area contributed by atoms with Gasteiger partial charge in [0.05, 0.1) is 22.4 Å². The first-order valence-corrected chi connectivity index (χ1v) is 11.3. The average Bonchev–Trinajstić information content (AvgIpc) is 3.22. The molecule has 9 nitrogen and oxygen atoms in total. The highest BCUT2D eigenvalue weighted by molar-refractivity contribution is 5.95. The minimum atomic E-state index is -4.47. The van der Waals surface area contributed by atoms with Crippen LogP contribution >= 0.6 is 0 Å². The number of pyridine rings is 1. The number of nitrogens with one attached hydrogen (secondary N) is 2. The highest BCUT2D eigenvalue weighted by Crippen LogP contribution is 2.34. The van der Waals surface area contributed by atoms with Crippen LogP contribution in [0.4, 0.5) is 18.0 Å². The second-order valence-corrected chi connectivity index (χ2v) is 9.33. The second-order valence-electron chi connectivity index (χ2n) is 9.33. The van der Waals surface area contributed by atoms with E-state index < -0.39 is 35.4 Å². The zero-order valence-corrected chi connectivity index (χ0v) is 21.0. The summed E-state index contributed by atoms with van der Waals surface area (Å²) in [5.74, 6) is -0.254. The van der Waals surface area contributed by atoms with Gasteiger partial charge in [0.2, 0.25) is 5.88 Å². The molecule has 0 fully saturated rings. The molecule has 0 aliphatic carbocycles. The van der Waals surface area contributed by atoms with Gasteiger partial charge >= 0.3 is 12.3 Å². The first kappa shape index (κ1) is 27.5. The van der Waals surface area contributed by atoms with Crippen molar-refractivity contribution < 1.29 is 32.2 Å². The maximum atomic E-state index is 12.9. The number of alkyl halides is 3. The van der Waals surface area contributed by atoms with E-state index in [1.165, 1.54) is 24.4 Å². The standard InChI is InChI=1S/C25H28F3N5O4/c1-15(13-30-23(35)37-24(2,3)4)31-21(34)16-12-19(20-10-11-33(5)32-20)22(29-14-16)36-18-8-6-17(7-9-18)25(26,27)28/h6-12,14-15H,13H2,1-5H3,(H,30,35)(H,31,34)/t15-/m1/s1. The van der Waals surface area contributed by atoms with E-state index in [0.29, 0.717) is 11.3 Å². The highest BCUT2D eigenvalue weighted by Gasteiger charge is 2.30. The Balaban J connectivity index is 1.76. The lowest BCUT2D eigenvalue weighted by Crippen LogP contribution is -2.43. The van der Waals surface area contributed by atoms with E-state index in [1.807, 2.05) is 0 Å². The van der Waals surface area contributed by atoms with E-state index in [9.17, 15) is 22.8 Å². The van der Waals surface area contributed by atoms with Crippen LogP contribution in [0.15, 0.2) is 48.8 Å². The Labute approximate surface area is 212 Å². The van der Waals surface area contributed by atoms with Crippen LogP contribution in [0.5, 0.6) is 11.6 Å². The van der Waals surface area contributed by atoms with Gasteiger partial charge in [0.1, 0.15) is 11.4 Å². The Morgan fingerprint density at radius 1 is 1.11 bits per heavy atom. The van der Waals surface area contributed by atoms with E-state index in [2.05, 4.69) is 20.7 Å². The molecule has 2 heterocycles. The van der Waals surface area contributed by atoms with Crippen LogP contribution in [0.1, 0.15) is 43.6 Å². The molecule has 37 heavy (non-hydrogen) atoms. The van der Waals surface area contributed by atoms with Gasteiger partial charge in [-0.3, -0.25) is 9.48 Å². The Hall–Kier alpha value is -4.09. The van der Waals surface area contributed by atoms with Crippen molar-refractivity contribution in [3.05, 3.63) is 59.9 Å². The van der Waals surface area contributed by atoms with Gasteiger partial charge in [0.25, 0.3) is 5.91 Å². The number of alkyl carbamates (subject to hydrolysis) is 1. The van der Waals surface area contributed by atoms with E-state index >= 15 is 0 Å². The number of aromatic nitrogens is 3. The molecule has 2 aromatic heterocycles. The van der Waals surface area contributed by atoms with Crippen molar-refractivity contribution >= 4 is 12.0 Å². The minimum Gasteiger partial charge on any atom is -0.444 e. The van der Waals surface area contributed by atoms with E-state index in [-0.39, 0.29) is 23.7 Å². The van der Waals surface area contributed by atoms with Gasteiger partial charge < -0.3 is 20.1 Å². The van der Waals surface area contributed by atoms with Crippen LogP contribution in [0.3, 0.4) is 0 Å². The Kier molecular flexibility index (Phi) is 8.09. The number of rotatable bonds is 7. The first-order chi connectivity index (χ1) is 17.2. The number of nitrogens with zero attached hydrogens (tertiary/aromatic N) is 3. The number of carbonyl (C=O) groups excluding carboxylic acids is 2. The summed E-state index contributed by atoms with van der Waals surface area (Å²) in [5.41, 5.74) is -0.433. The maximum Gasteiger partial charge on any atom is 0.416 e. The molecule has 0 radical (unpaired) electrons. The van der Waals surface area contributed by atoms with E-state index in [1.54, 1.807) is 51.7 Å². The van der Waals surface area contributed by atoms with Crippen molar-refractivity contribution in [1.82, 2.24) is 25.4 Å². The Morgan fingerprint density at radius 2 is 1.78 bits per heavy atom. The summed E-state index contributed by atoms with van der Waals surface area (Å²) in [7, 11) is 1.71. The molecule has 3 rings (SSSR count). The number of carbonyl (C=O) groups is 2. The monoisotopic (exact) mass is 519 g/mol. The molecule has 1 aromatic carbocycles. The minimum absolute atomic E-state index is 0.0645. The van der Waals surface area contributed by atoms with Gasteiger partial charge in [0.15, 0.2) is 0 Å². The quantitative estimate of drug-likeness (QED) is 0.458. The zero-order chi connectivity index (χ0) is 27.4. The molecule has 1 atom stereocenters. The van der Waals surface area contributed by atoms with Gasteiger partial charge in [-0.2, -0.15) is 18.3 Å². The smallest absolute Gasteiger partial charge is 0.416 e. The third kappa shape index (κ3) is 7.95. The van der Waals surface area contributed by atoms with Gasteiger partial charge in [-0.05, 0) is 64.1 Å². The van der Waals surface area contributed by atoms with Gasteiger partial charge in [0, 0.05) is 32.0 Å². The zero-order valence-electron chi connectivity index (χ0n) is 21.0. The lowest BCUT2D eigenvalue weighted by Gasteiger charge is -2.21. The molecule has 0 bridgehead atoms. The molecule has 3 aromatic rings. The van der Waals surface area contributed by atoms with Crippen molar-refractivity contribution in [1.29, 1.82) is 0 Å². The molecule has 0 aliphatic heterocycles. The van der Waals surface area contributed by atoms with Gasteiger partial charge in [-0.25, -0.2) is 9.78 Å². The number of aryl methyl sites for hydroxylation is 1. The molecule has 2 amide bonds. The van der Waals surface area contributed by atoms with E-state index in [4.69, 9.17) is 9.47 Å². The fraction of sp³-hybridized carbons (Fsp3) is 0.360.